The third kappa shape index (κ3) is 3.98. The van der Waals surface area contributed by atoms with E-state index in [1.54, 1.807) is 0 Å². The van der Waals surface area contributed by atoms with Crippen molar-refractivity contribution in [2.45, 2.75) is 51.7 Å². The van der Waals surface area contributed by atoms with Crippen LogP contribution in [0, 0.1) is 0 Å². The average Bonchev–Trinajstić information content (AvgIpc) is 2.53. The van der Waals surface area contributed by atoms with Crippen molar-refractivity contribution in [3.63, 3.8) is 0 Å². The minimum absolute atomic E-state index is 0.00730. The van der Waals surface area contributed by atoms with Crippen molar-refractivity contribution in [2.24, 2.45) is 0 Å². The predicted octanol–water partition coefficient (Wildman–Crippen LogP) is 3.75. The molecule has 0 aromatic heterocycles. The first kappa shape index (κ1) is 16.3. The number of hydrogen-bond acceptors (Lipinski definition) is 3. The Kier molecular flexibility index (Phi) is 5.65. The SMILES string of the molecule is CCNC(CC)c1ccc(N2CCCC(C)(OC)C2)cc1. The van der Waals surface area contributed by atoms with Gasteiger partial charge in [0.1, 0.15) is 0 Å². The maximum Gasteiger partial charge on any atom is 0.0825 e. The Hall–Kier alpha value is -1.06. The van der Waals surface area contributed by atoms with E-state index in [4.69, 9.17) is 4.74 Å². The highest BCUT2D eigenvalue weighted by molar-refractivity contribution is 5.49. The molecule has 21 heavy (non-hydrogen) atoms. The Morgan fingerprint density at radius 2 is 2.00 bits per heavy atom. The van der Waals surface area contributed by atoms with Crippen molar-refractivity contribution in [2.75, 3.05) is 31.6 Å². The molecular formula is C18H30N2O. The van der Waals surface area contributed by atoms with Crippen LogP contribution in [0.3, 0.4) is 0 Å². The molecule has 1 fully saturated rings. The quantitative estimate of drug-likeness (QED) is 0.863. The summed E-state index contributed by atoms with van der Waals surface area (Å²) in [6.45, 7) is 9.73. The van der Waals surface area contributed by atoms with E-state index in [0.29, 0.717) is 6.04 Å². The van der Waals surface area contributed by atoms with E-state index in [1.165, 1.54) is 17.7 Å². The second kappa shape index (κ2) is 7.28. The van der Waals surface area contributed by atoms with Crippen LogP contribution >= 0.6 is 0 Å². The van der Waals surface area contributed by atoms with Gasteiger partial charge in [-0.1, -0.05) is 26.0 Å². The molecule has 0 aliphatic carbocycles. The molecule has 1 aliphatic heterocycles. The minimum Gasteiger partial charge on any atom is -0.377 e. The summed E-state index contributed by atoms with van der Waals surface area (Å²) in [6.07, 6.45) is 3.47. The largest absolute Gasteiger partial charge is 0.377 e. The smallest absolute Gasteiger partial charge is 0.0825 e. The van der Waals surface area contributed by atoms with Gasteiger partial charge in [0.15, 0.2) is 0 Å². The highest BCUT2D eigenvalue weighted by Gasteiger charge is 2.30. The summed E-state index contributed by atoms with van der Waals surface area (Å²) in [5.41, 5.74) is 2.69. The molecule has 2 unspecified atom stereocenters. The molecule has 2 atom stereocenters. The van der Waals surface area contributed by atoms with E-state index in [9.17, 15) is 0 Å². The van der Waals surface area contributed by atoms with Gasteiger partial charge in [-0.15, -0.1) is 0 Å². The number of nitrogens with zero attached hydrogens (tertiary/aromatic N) is 1. The van der Waals surface area contributed by atoms with Gasteiger partial charge in [0.25, 0.3) is 0 Å². The van der Waals surface area contributed by atoms with Crippen LogP contribution in [0.1, 0.15) is 51.6 Å². The molecule has 0 saturated carbocycles. The van der Waals surface area contributed by atoms with Crippen molar-refractivity contribution in [1.82, 2.24) is 5.32 Å². The Labute approximate surface area is 129 Å². The number of nitrogens with one attached hydrogen (secondary N) is 1. The lowest BCUT2D eigenvalue weighted by molar-refractivity contribution is -0.00465. The number of methoxy groups -OCH3 is 1. The second-order valence-electron chi connectivity index (χ2n) is 6.29. The highest BCUT2D eigenvalue weighted by atomic mass is 16.5. The van der Waals surface area contributed by atoms with Gasteiger partial charge >= 0.3 is 0 Å². The summed E-state index contributed by atoms with van der Waals surface area (Å²) in [7, 11) is 1.83. The third-order valence-electron chi connectivity index (χ3n) is 4.67. The number of rotatable bonds is 6. The fourth-order valence-corrected chi connectivity index (χ4v) is 3.25. The van der Waals surface area contributed by atoms with Gasteiger partial charge in [-0.2, -0.15) is 0 Å². The summed E-state index contributed by atoms with van der Waals surface area (Å²) >= 11 is 0. The summed E-state index contributed by atoms with van der Waals surface area (Å²) in [5.74, 6) is 0. The zero-order valence-corrected chi connectivity index (χ0v) is 14.0. The molecule has 0 spiro atoms. The lowest BCUT2D eigenvalue weighted by Gasteiger charge is -2.40. The Morgan fingerprint density at radius 3 is 2.57 bits per heavy atom. The van der Waals surface area contributed by atoms with Crippen molar-refractivity contribution in [3.8, 4) is 0 Å². The van der Waals surface area contributed by atoms with Crippen molar-refractivity contribution in [1.29, 1.82) is 0 Å². The molecule has 3 nitrogen and oxygen atoms in total. The topological polar surface area (TPSA) is 24.5 Å². The van der Waals surface area contributed by atoms with Crippen LogP contribution in [0.15, 0.2) is 24.3 Å². The zero-order chi connectivity index (χ0) is 15.3. The Bertz CT molecular complexity index is 431. The Morgan fingerprint density at radius 1 is 1.29 bits per heavy atom. The number of piperidine rings is 1. The number of hydrogen-bond donors (Lipinski definition) is 1. The molecule has 0 radical (unpaired) electrons. The molecule has 1 saturated heterocycles. The van der Waals surface area contributed by atoms with E-state index >= 15 is 0 Å². The van der Waals surface area contributed by atoms with E-state index in [1.807, 2.05) is 7.11 Å². The Balaban J connectivity index is 2.08. The third-order valence-corrected chi connectivity index (χ3v) is 4.67. The fraction of sp³-hybridized carbons (Fsp3) is 0.667. The predicted molar refractivity (Wildman–Crippen MR) is 90.0 cm³/mol. The summed E-state index contributed by atoms with van der Waals surface area (Å²) in [5, 5.41) is 3.54. The first-order valence-corrected chi connectivity index (χ1v) is 8.25. The minimum atomic E-state index is -0.00730. The second-order valence-corrected chi connectivity index (χ2v) is 6.29. The van der Waals surface area contributed by atoms with E-state index in [-0.39, 0.29) is 5.60 Å². The maximum atomic E-state index is 5.69. The van der Waals surface area contributed by atoms with E-state index in [2.05, 4.69) is 55.3 Å². The molecule has 2 rings (SSSR count). The summed E-state index contributed by atoms with van der Waals surface area (Å²) in [4.78, 5) is 2.45. The van der Waals surface area contributed by atoms with Gasteiger partial charge in [-0.25, -0.2) is 0 Å². The standard InChI is InChI=1S/C18H30N2O/c1-5-17(19-6-2)15-8-10-16(11-9-15)20-13-7-12-18(3,14-20)21-4/h8-11,17,19H,5-7,12-14H2,1-4H3. The maximum absolute atomic E-state index is 5.69. The van der Waals surface area contributed by atoms with Crippen LogP contribution in [-0.4, -0.2) is 32.3 Å². The van der Waals surface area contributed by atoms with E-state index < -0.39 is 0 Å². The summed E-state index contributed by atoms with van der Waals surface area (Å²) in [6, 6.07) is 9.53. The molecule has 1 aliphatic rings. The van der Waals surface area contributed by atoms with Gasteiger partial charge in [0.05, 0.1) is 5.60 Å². The molecule has 1 aromatic rings. The van der Waals surface area contributed by atoms with Crippen molar-refractivity contribution < 1.29 is 4.74 Å². The molecule has 118 valence electrons. The van der Waals surface area contributed by atoms with Crippen LogP contribution in [0.4, 0.5) is 5.69 Å². The highest BCUT2D eigenvalue weighted by Crippen LogP contribution is 2.29. The lowest BCUT2D eigenvalue weighted by atomic mass is 9.94. The molecule has 1 N–H and O–H groups in total. The van der Waals surface area contributed by atoms with Gasteiger partial charge in [-0.05, 0) is 50.4 Å². The van der Waals surface area contributed by atoms with Gasteiger partial charge in [0.2, 0.25) is 0 Å². The van der Waals surface area contributed by atoms with Gasteiger partial charge in [-0.3, -0.25) is 0 Å². The molecule has 3 heteroatoms. The van der Waals surface area contributed by atoms with Crippen LogP contribution in [0.25, 0.3) is 0 Å². The number of ether oxygens (including phenoxy) is 1. The monoisotopic (exact) mass is 290 g/mol. The molecule has 0 amide bonds. The summed E-state index contributed by atoms with van der Waals surface area (Å²) < 4.78 is 5.69. The van der Waals surface area contributed by atoms with Gasteiger partial charge < -0.3 is 15.0 Å². The van der Waals surface area contributed by atoms with Crippen LogP contribution in [-0.2, 0) is 4.74 Å². The van der Waals surface area contributed by atoms with Crippen molar-refractivity contribution in [3.05, 3.63) is 29.8 Å². The number of anilines is 1. The van der Waals surface area contributed by atoms with Crippen LogP contribution < -0.4 is 10.2 Å². The van der Waals surface area contributed by atoms with Crippen LogP contribution in [0.2, 0.25) is 0 Å². The van der Waals surface area contributed by atoms with E-state index in [0.717, 1.165) is 32.5 Å². The first-order valence-electron chi connectivity index (χ1n) is 8.25. The number of benzene rings is 1. The first-order chi connectivity index (χ1) is 10.1. The fourth-order valence-electron chi connectivity index (χ4n) is 3.25. The molecule has 0 bridgehead atoms. The molecule has 1 heterocycles. The zero-order valence-electron chi connectivity index (χ0n) is 14.0. The average molecular weight is 290 g/mol. The molecule has 1 aromatic carbocycles. The van der Waals surface area contributed by atoms with Gasteiger partial charge in [0, 0.05) is 31.9 Å². The van der Waals surface area contributed by atoms with Crippen molar-refractivity contribution >= 4 is 5.69 Å². The lowest BCUT2D eigenvalue weighted by Crippen LogP contribution is -2.47. The molecular weight excluding hydrogens is 260 g/mol. The van der Waals surface area contributed by atoms with Crippen LogP contribution in [0.5, 0.6) is 0 Å². The normalized spacial score (nSPS) is 24.1.